The number of nitrogens with zero attached hydrogens (tertiary/aromatic N) is 4. The predicted octanol–water partition coefficient (Wildman–Crippen LogP) is -0.757. The number of anilines is 1. The number of nitrogens with one attached hydrogen (secondary N) is 2. The van der Waals surface area contributed by atoms with Crippen molar-refractivity contribution in [3.8, 4) is 0 Å². The highest BCUT2D eigenvalue weighted by Crippen LogP contribution is 2.18. The van der Waals surface area contributed by atoms with Gasteiger partial charge in [0.1, 0.15) is 0 Å². The van der Waals surface area contributed by atoms with Crippen molar-refractivity contribution >= 4 is 17.1 Å². The number of piperazine rings is 1. The summed E-state index contributed by atoms with van der Waals surface area (Å²) in [4.78, 5) is 33.2. The first kappa shape index (κ1) is 13.9. The molecule has 0 aromatic carbocycles. The molecule has 2 N–H and O–H groups in total. The molecule has 2 aromatic heterocycles. The number of H-pyrrole nitrogens is 1. The predicted molar refractivity (Wildman–Crippen MR) is 81.0 cm³/mol. The van der Waals surface area contributed by atoms with Crippen LogP contribution in [0.3, 0.4) is 0 Å². The molecule has 8 heteroatoms. The third kappa shape index (κ3) is 2.25. The van der Waals surface area contributed by atoms with Crippen molar-refractivity contribution in [3.63, 3.8) is 0 Å². The average Bonchev–Trinajstić information content (AvgIpc) is 2.82. The maximum Gasteiger partial charge on any atom is 0.330 e. The second kappa shape index (κ2) is 5.36. The first-order valence-corrected chi connectivity index (χ1v) is 7.28. The van der Waals surface area contributed by atoms with Gasteiger partial charge in [0.15, 0.2) is 11.2 Å². The van der Waals surface area contributed by atoms with E-state index >= 15 is 0 Å². The van der Waals surface area contributed by atoms with Gasteiger partial charge in [-0.3, -0.25) is 14.3 Å². The molecule has 1 saturated heterocycles. The van der Waals surface area contributed by atoms with Gasteiger partial charge in [0.2, 0.25) is 5.95 Å². The van der Waals surface area contributed by atoms with E-state index in [1.54, 1.807) is 9.13 Å². The van der Waals surface area contributed by atoms with Crippen molar-refractivity contribution in [2.45, 2.75) is 19.9 Å². The van der Waals surface area contributed by atoms with Crippen LogP contribution in [0.2, 0.25) is 0 Å². The Morgan fingerprint density at radius 3 is 2.62 bits per heavy atom. The van der Waals surface area contributed by atoms with Crippen molar-refractivity contribution in [1.82, 2.24) is 24.4 Å². The fourth-order valence-corrected chi connectivity index (χ4v) is 2.81. The van der Waals surface area contributed by atoms with Crippen molar-refractivity contribution in [1.29, 1.82) is 0 Å². The van der Waals surface area contributed by atoms with Gasteiger partial charge in [0.05, 0.1) is 0 Å². The monoisotopic (exact) mass is 292 g/mol. The summed E-state index contributed by atoms with van der Waals surface area (Å²) in [5.74, 6) is 0.743. The molecule has 0 amide bonds. The van der Waals surface area contributed by atoms with E-state index in [1.165, 1.54) is 0 Å². The highest BCUT2D eigenvalue weighted by molar-refractivity contribution is 5.74. The lowest BCUT2D eigenvalue weighted by atomic mass is 10.4. The molecule has 0 bridgehead atoms. The Balaban J connectivity index is 2.22. The topological polar surface area (TPSA) is 87.9 Å². The van der Waals surface area contributed by atoms with E-state index in [0.29, 0.717) is 17.7 Å². The van der Waals surface area contributed by atoms with Gasteiger partial charge in [-0.15, -0.1) is 0 Å². The molecule has 0 atom stereocenters. The number of imidazole rings is 1. The number of aromatic nitrogens is 4. The van der Waals surface area contributed by atoms with E-state index in [1.807, 2.05) is 14.0 Å². The number of aromatic amines is 1. The molecule has 8 nitrogen and oxygen atoms in total. The SMILES string of the molecule is CCCn1c(=O)[nH]c(=O)c2c1nc(N1CCNCC1)n2C. The minimum absolute atomic E-state index is 0.376. The van der Waals surface area contributed by atoms with Gasteiger partial charge in [-0.05, 0) is 6.42 Å². The van der Waals surface area contributed by atoms with Gasteiger partial charge < -0.3 is 14.8 Å². The van der Waals surface area contributed by atoms with Crippen LogP contribution in [0.25, 0.3) is 11.2 Å². The summed E-state index contributed by atoms with van der Waals surface area (Å²) < 4.78 is 3.33. The fourth-order valence-electron chi connectivity index (χ4n) is 2.81. The maximum atomic E-state index is 12.1. The summed E-state index contributed by atoms with van der Waals surface area (Å²) in [5, 5.41) is 3.29. The van der Waals surface area contributed by atoms with Crippen LogP contribution in [0.5, 0.6) is 0 Å². The summed E-state index contributed by atoms with van der Waals surface area (Å²) in [7, 11) is 1.82. The number of fused-ring (bicyclic) bond motifs is 1. The van der Waals surface area contributed by atoms with E-state index in [4.69, 9.17) is 0 Å². The Kier molecular flexibility index (Phi) is 3.54. The largest absolute Gasteiger partial charge is 0.340 e. The van der Waals surface area contributed by atoms with Gasteiger partial charge in [-0.1, -0.05) is 6.92 Å². The van der Waals surface area contributed by atoms with Crippen molar-refractivity contribution in [2.75, 3.05) is 31.1 Å². The number of hydrogen-bond acceptors (Lipinski definition) is 5. The molecular weight excluding hydrogens is 272 g/mol. The molecule has 21 heavy (non-hydrogen) atoms. The van der Waals surface area contributed by atoms with Crippen LogP contribution >= 0.6 is 0 Å². The molecule has 3 rings (SSSR count). The fraction of sp³-hybridized carbons (Fsp3) is 0.615. The second-order valence-corrected chi connectivity index (χ2v) is 5.29. The minimum atomic E-state index is -0.390. The zero-order chi connectivity index (χ0) is 15.0. The van der Waals surface area contributed by atoms with Crippen molar-refractivity contribution < 1.29 is 0 Å². The molecule has 1 aliphatic heterocycles. The molecule has 0 radical (unpaired) electrons. The van der Waals surface area contributed by atoms with Crippen LogP contribution in [-0.4, -0.2) is 45.3 Å². The van der Waals surface area contributed by atoms with E-state index in [2.05, 4.69) is 20.2 Å². The third-order valence-corrected chi connectivity index (χ3v) is 3.84. The smallest absolute Gasteiger partial charge is 0.330 e. The molecule has 114 valence electrons. The van der Waals surface area contributed by atoms with Gasteiger partial charge in [0.25, 0.3) is 5.56 Å². The van der Waals surface area contributed by atoms with Crippen LogP contribution in [0.4, 0.5) is 5.95 Å². The van der Waals surface area contributed by atoms with Crippen molar-refractivity contribution in [3.05, 3.63) is 20.8 Å². The normalized spacial score (nSPS) is 15.8. The average molecular weight is 292 g/mol. The number of hydrogen-bond donors (Lipinski definition) is 2. The Morgan fingerprint density at radius 1 is 1.24 bits per heavy atom. The lowest BCUT2D eigenvalue weighted by molar-refractivity contribution is 0.574. The zero-order valence-corrected chi connectivity index (χ0v) is 12.3. The molecule has 2 aromatic rings. The molecule has 0 spiro atoms. The van der Waals surface area contributed by atoms with E-state index in [9.17, 15) is 9.59 Å². The molecule has 1 fully saturated rings. The Labute approximate surface area is 121 Å². The summed E-state index contributed by atoms with van der Waals surface area (Å²) in [6.07, 6.45) is 0.806. The first-order valence-electron chi connectivity index (χ1n) is 7.28. The van der Waals surface area contributed by atoms with Crippen LogP contribution in [0.1, 0.15) is 13.3 Å². The molecule has 1 aliphatic rings. The van der Waals surface area contributed by atoms with Gasteiger partial charge in [0, 0.05) is 39.8 Å². The van der Waals surface area contributed by atoms with Crippen LogP contribution < -0.4 is 21.5 Å². The standard InChI is InChI=1S/C13H20N6O2/c1-3-6-19-10-9(11(20)16-13(19)21)17(2)12(15-10)18-7-4-14-5-8-18/h14H,3-8H2,1-2H3,(H,16,20,21). The number of aryl methyl sites for hydroxylation is 2. The highest BCUT2D eigenvalue weighted by atomic mass is 16.2. The molecule has 0 aliphatic carbocycles. The number of rotatable bonds is 3. The van der Waals surface area contributed by atoms with Gasteiger partial charge >= 0.3 is 5.69 Å². The van der Waals surface area contributed by atoms with Gasteiger partial charge in [-0.2, -0.15) is 4.98 Å². The van der Waals surface area contributed by atoms with Gasteiger partial charge in [-0.25, -0.2) is 4.79 Å². The Hall–Kier alpha value is -2.09. The third-order valence-electron chi connectivity index (χ3n) is 3.84. The molecule has 0 unspecified atom stereocenters. The summed E-state index contributed by atoms with van der Waals surface area (Å²) in [6, 6.07) is 0. The second-order valence-electron chi connectivity index (χ2n) is 5.29. The van der Waals surface area contributed by atoms with E-state index in [0.717, 1.165) is 38.5 Å². The van der Waals surface area contributed by atoms with Crippen LogP contribution in [-0.2, 0) is 13.6 Å². The maximum absolute atomic E-state index is 12.1. The quantitative estimate of drug-likeness (QED) is 0.776. The van der Waals surface area contributed by atoms with E-state index < -0.39 is 0 Å². The Morgan fingerprint density at radius 2 is 1.95 bits per heavy atom. The van der Waals surface area contributed by atoms with Crippen molar-refractivity contribution in [2.24, 2.45) is 7.05 Å². The van der Waals surface area contributed by atoms with Crippen LogP contribution in [0, 0.1) is 0 Å². The Bertz CT molecular complexity index is 765. The van der Waals surface area contributed by atoms with E-state index in [-0.39, 0.29) is 11.2 Å². The van der Waals surface area contributed by atoms with Crippen LogP contribution in [0.15, 0.2) is 9.59 Å². The molecule has 0 saturated carbocycles. The lowest BCUT2D eigenvalue weighted by Crippen LogP contribution is -2.44. The highest BCUT2D eigenvalue weighted by Gasteiger charge is 2.21. The summed E-state index contributed by atoms with van der Waals surface area (Å²) in [6.45, 7) is 6.00. The lowest BCUT2D eigenvalue weighted by Gasteiger charge is -2.28. The summed E-state index contributed by atoms with van der Waals surface area (Å²) in [5.41, 5.74) is 0.163. The molecular formula is C13H20N6O2. The summed E-state index contributed by atoms with van der Waals surface area (Å²) >= 11 is 0. The minimum Gasteiger partial charge on any atom is -0.340 e. The zero-order valence-electron chi connectivity index (χ0n) is 12.3. The first-order chi connectivity index (χ1) is 10.1. The molecule has 3 heterocycles.